The van der Waals surface area contributed by atoms with E-state index < -0.39 is 0 Å². The minimum atomic E-state index is -0.101. The predicted molar refractivity (Wildman–Crippen MR) is 45.8 cm³/mol. The molecule has 1 atom stereocenters. The average Bonchev–Trinajstić information content (AvgIpc) is 2.56. The molecule has 1 aromatic heterocycles. The van der Waals surface area contributed by atoms with Crippen LogP contribution in [0.15, 0.2) is 12.5 Å². The highest BCUT2D eigenvalue weighted by Crippen LogP contribution is 1.95. The lowest BCUT2D eigenvalue weighted by Crippen LogP contribution is -2.32. The maximum absolute atomic E-state index is 10.5. The van der Waals surface area contributed by atoms with E-state index in [1.165, 1.54) is 0 Å². The van der Waals surface area contributed by atoms with Gasteiger partial charge < -0.3 is 15.1 Å². The molecule has 4 nitrogen and oxygen atoms in total. The van der Waals surface area contributed by atoms with Gasteiger partial charge >= 0.3 is 0 Å². The molecule has 0 aliphatic rings. The van der Waals surface area contributed by atoms with Crippen LogP contribution in [0.4, 0.5) is 0 Å². The summed E-state index contributed by atoms with van der Waals surface area (Å²) >= 11 is 0. The number of nitrogens with zero attached hydrogens (tertiary/aromatic N) is 1. The minimum absolute atomic E-state index is 0.101. The third kappa shape index (κ3) is 2.47. The van der Waals surface area contributed by atoms with Gasteiger partial charge in [0.2, 0.25) is 0 Å². The normalized spacial score (nSPS) is 12.8. The molecule has 1 unspecified atom stereocenters. The van der Waals surface area contributed by atoms with Crippen molar-refractivity contribution in [3.63, 3.8) is 0 Å². The van der Waals surface area contributed by atoms with E-state index in [-0.39, 0.29) is 6.04 Å². The molecule has 0 radical (unpaired) electrons. The summed E-state index contributed by atoms with van der Waals surface area (Å²) in [6.45, 7) is 2.78. The Morgan fingerprint density at radius 3 is 3.17 bits per heavy atom. The average molecular weight is 167 g/mol. The molecule has 0 aromatic carbocycles. The number of hydrogen-bond donors (Lipinski definition) is 2. The van der Waals surface area contributed by atoms with Crippen molar-refractivity contribution >= 4 is 6.29 Å². The molecule has 1 rings (SSSR count). The molecule has 1 aromatic rings. The van der Waals surface area contributed by atoms with Gasteiger partial charge in [0.15, 0.2) is 0 Å². The van der Waals surface area contributed by atoms with Gasteiger partial charge in [0.25, 0.3) is 0 Å². The number of carbonyl (C=O) groups excluding carboxylic acids is 1. The Balaban J connectivity index is 2.42. The monoisotopic (exact) mass is 167 g/mol. The molecular formula is C8H13N3O. The van der Waals surface area contributed by atoms with Crippen LogP contribution in [0.5, 0.6) is 0 Å². The summed E-state index contributed by atoms with van der Waals surface area (Å²) in [6, 6.07) is -0.101. The molecule has 0 aliphatic carbocycles. The van der Waals surface area contributed by atoms with Crippen LogP contribution in [0, 0.1) is 0 Å². The summed E-state index contributed by atoms with van der Waals surface area (Å²) in [7, 11) is 0. The third-order valence-electron chi connectivity index (χ3n) is 1.63. The molecular weight excluding hydrogens is 154 g/mol. The zero-order valence-electron chi connectivity index (χ0n) is 7.08. The third-order valence-corrected chi connectivity index (χ3v) is 1.63. The van der Waals surface area contributed by atoms with Gasteiger partial charge in [0.05, 0.1) is 12.4 Å². The molecule has 0 spiro atoms. The number of hydrogen-bond acceptors (Lipinski definition) is 3. The minimum Gasteiger partial charge on any atom is -0.348 e. The first-order valence-electron chi connectivity index (χ1n) is 4.02. The quantitative estimate of drug-likeness (QED) is 0.613. The van der Waals surface area contributed by atoms with Gasteiger partial charge in [-0.05, 0) is 6.54 Å². The molecule has 66 valence electrons. The van der Waals surface area contributed by atoms with Crippen molar-refractivity contribution in [2.24, 2.45) is 0 Å². The number of carbonyl (C=O) groups is 1. The van der Waals surface area contributed by atoms with Crippen molar-refractivity contribution in [2.45, 2.75) is 19.4 Å². The predicted octanol–water partition coefficient (Wildman–Crippen LogP) is 0.129. The van der Waals surface area contributed by atoms with E-state index in [1.807, 2.05) is 6.92 Å². The number of nitrogens with one attached hydrogen (secondary N) is 2. The number of H-pyrrole nitrogens is 1. The fourth-order valence-electron chi connectivity index (χ4n) is 1.06. The van der Waals surface area contributed by atoms with Crippen molar-refractivity contribution < 1.29 is 4.79 Å². The SMILES string of the molecule is CCNC(C=O)Cc1cnc[nH]1. The zero-order valence-corrected chi connectivity index (χ0v) is 7.08. The Morgan fingerprint density at radius 1 is 1.83 bits per heavy atom. The van der Waals surface area contributed by atoms with E-state index in [0.29, 0.717) is 6.42 Å². The fourth-order valence-corrected chi connectivity index (χ4v) is 1.06. The zero-order chi connectivity index (χ0) is 8.81. The second-order valence-electron chi connectivity index (χ2n) is 2.58. The Bertz CT molecular complexity index is 220. The van der Waals surface area contributed by atoms with Crippen molar-refractivity contribution in [3.8, 4) is 0 Å². The van der Waals surface area contributed by atoms with Crippen LogP contribution in [0.2, 0.25) is 0 Å². The van der Waals surface area contributed by atoms with Crippen molar-refractivity contribution in [1.82, 2.24) is 15.3 Å². The van der Waals surface area contributed by atoms with Crippen LogP contribution in [0.1, 0.15) is 12.6 Å². The van der Waals surface area contributed by atoms with E-state index in [4.69, 9.17) is 0 Å². The smallest absolute Gasteiger partial charge is 0.137 e. The lowest BCUT2D eigenvalue weighted by Gasteiger charge is -2.08. The van der Waals surface area contributed by atoms with Crippen LogP contribution in [0.3, 0.4) is 0 Å². The first kappa shape index (κ1) is 8.93. The molecule has 12 heavy (non-hydrogen) atoms. The van der Waals surface area contributed by atoms with Crippen LogP contribution in [-0.4, -0.2) is 28.8 Å². The van der Waals surface area contributed by atoms with Crippen molar-refractivity contribution in [1.29, 1.82) is 0 Å². The number of rotatable bonds is 5. The highest BCUT2D eigenvalue weighted by molar-refractivity contribution is 5.58. The highest BCUT2D eigenvalue weighted by Gasteiger charge is 2.06. The van der Waals surface area contributed by atoms with Crippen LogP contribution >= 0.6 is 0 Å². The first-order chi connectivity index (χ1) is 5.86. The Morgan fingerprint density at radius 2 is 2.67 bits per heavy atom. The van der Waals surface area contributed by atoms with Crippen molar-refractivity contribution in [2.75, 3.05) is 6.54 Å². The van der Waals surface area contributed by atoms with Crippen molar-refractivity contribution in [3.05, 3.63) is 18.2 Å². The lowest BCUT2D eigenvalue weighted by atomic mass is 10.2. The summed E-state index contributed by atoms with van der Waals surface area (Å²) in [5, 5.41) is 3.05. The van der Waals surface area contributed by atoms with Gasteiger partial charge in [-0.3, -0.25) is 0 Å². The highest BCUT2D eigenvalue weighted by atomic mass is 16.1. The lowest BCUT2D eigenvalue weighted by molar-refractivity contribution is -0.109. The second-order valence-corrected chi connectivity index (χ2v) is 2.58. The van der Waals surface area contributed by atoms with Crippen LogP contribution in [0.25, 0.3) is 0 Å². The molecule has 1 heterocycles. The molecule has 2 N–H and O–H groups in total. The van der Waals surface area contributed by atoms with Gasteiger partial charge in [-0.25, -0.2) is 4.98 Å². The van der Waals surface area contributed by atoms with Gasteiger partial charge in [-0.15, -0.1) is 0 Å². The molecule has 0 fully saturated rings. The summed E-state index contributed by atoms with van der Waals surface area (Å²) in [6.07, 6.45) is 4.94. The van der Waals surface area contributed by atoms with Gasteiger partial charge in [-0.2, -0.15) is 0 Å². The molecule has 0 amide bonds. The van der Waals surface area contributed by atoms with E-state index >= 15 is 0 Å². The summed E-state index contributed by atoms with van der Waals surface area (Å²) in [5.74, 6) is 0. The Labute approximate surface area is 71.4 Å². The van der Waals surface area contributed by atoms with Gasteiger partial charge in [-0.1, -0.05) is 6.92 Å². The largest absolute Gasteiger partial charge is 0.348 e. The van der Waals surface area contributed by atoms with E-state index in [0.717, 1.165) is 18.5 Å². The number of likely N-dealkylation sites (N-methyl/N-ethyl adjacent to an activating group) is 1. The summed E-state index contributed by atoms with van der Waals surface area (Å²) in [5.41, 5.74) is 0.980. The Kier molecular flexibility index (Phi) is 3.47. The molecule has 0 saturated heterocycles. The van der Waals surface area contributed by atoms with Gasteiger partial charge in [0.1, 0.15) is 6.29 Å². The van der Waals surface area contributed by atoms with E-state index in [2.05, 4.69) is 15.3 Å². The summed E-state index contributed by atoms with van der Waals surface area (Å²) in [4.78, 5) is 17.3. The number of aldehydes is 1. The van der Waals surface area contributed by atoms with E-state index in [9.17, 15) is 4.79 Å². The van der Waals surface area contributed by atoms with Crippen LogP contribution in [-0.2, 0) is 11.2 Å². The van der Waals surface area contributed by atoms with Crippen LogP contribution < -0.4 is 5.32 Å². The number of imidazole rings is 1. The first-order valence-corrected chi connectivity index (χ1v) is 4.02. The number of aromatic nitrogens is 2. The summed E-state index contributed by atoms with van der Waals surface area (Å²) < 4.78 is 0. The standard InChI is InChI=1S/C8H13N3O/c1-2-10-8(5-12)3-7-4-9-6-11-7/h4-6,8,10H,2-3H2,1H3,(H,9,11). The van der Waals surface area contributed by atoms with Gasteiger partial charge in [0, 0.05) is 18.3 Å². The second kappa shape index (κ2) is 4.66. The molecule has 4 heteroatoms. The maximum Gasteiger partial charge on any atom is 0.137 e. The molecule has 0 aliphatic heterocycles. The molecule has 0 bridgehead atoms. The maximum atomic E-state index is 10.5. The topological polar surface area (TPSA) is 57.8 Å². The molecule has 0 saturated carbocycles. The fraction of sp³-hybridized carbons (Fsp3) is 0.500. The number of aromatic amines is 1. The Hall–Kier alpha value is -1.16. The van der Waals surface area contributed by atoms with E-state index in [1.54, 1.807) is 12.5 Å².